The zero-order valence-corrected chi connectivity index (χ0v) is 18.9. The van der Waals surface area contributed by atoms with Crippen LogP contribution in [0.4, 0.5) is 0 Å². The average Bonchev–Trinajstić information content (AvgIpc) is 3.28. The third kappa shape index (κ3) is 3.84. The summed E-state index contributed by atoms with van der Waals surface area (Å²) in [4.78, 5) is 26.4. The zero-order valence-electron chi connectivity index (χ0n) is 18.9. The van der Waals surface area contributed by atoms with Crippen LogP contribution >= 0.6 is 0 Å². The van der Waals surface area contributed by atoms with Gasteiger partial charge in [0.05, 0.1) is 11.2 Å². The van der Waals surface area contributed by atoms with Gasteiger partial charge >= 0.3 is 0 Å². The van der Waals surface area contributed by atoms with Crippen molar-refractivity contribution in [2.45, 2.75) is 6.54 Å². The number of fused-ring (bicyclic) bond motifs is 3. The molecule has 0 radical (unpaired) electrons. The number of hydrogen-bond acceptors (Lipinski definition) is 3. The van der Waals surface area contributed by atoms with E-state index < -0.39 is 0 Å². The molecule has 34 heavy (non-hydrogen) atoms. The maximum Gasteiger partial charge on any atom is 0.272 e. The second-order valence-corrected chi connectivity index (χ2v) is 8.87. The minimum Gasteiger partial charge on any atom is -0.353 e. The molecule has 1 aliphatic heterocycles. The standard InChI is InChI=1S/C29H26N4O/c34-29(33-17-15-32(16-18-33)20-21-9-3-1-4-10-21)26-19-24-23-13-7-8-14-25(23)30-28(24)27(31-26)22-11-5-2-6-12-22/h1-14,19,30H,15-18,20H2. The number of aromatic nitrogens is 2. The van der Waals surface area contributed by atoms with Crippen LogP contribution in [0.15, 0.2) is 91.0 Å². The average molecular weight is 447 g/mol. The van der Waals surface area contributed by atoms with Gasteiger partial charge in [-0.3, -0.25) is 9.69 Å². The van der Waals surface area contributed by atoms with Crippen LogP contribution in [-0.2, 0) is 6.54 Å². The SMILES string of the molecule is O=C(c1cc2c([nH]c3ccccc32)c(-c2ccccc2)n1)N1CCN(Cc2ccccc2)CC1. The summed E-state index contributed by atoms with van der Waals surface area (Å²) in [6.45, 7) is 4.06. The van der Waals surface area contributed by atoms with Gasteiger partial charge in [0.2, 0.25) is 0 Å². The maximum atomic E-state index is 13.6. The molecule has 168 valence electrons. The maximum absolute atomic E-state index is 13.6. The van der Waals surface area contributed by atoms with Gasteiger partial charge in [0.25, 0.3) is 5.91 Å². The summed E-state index contributed by atoms with van der Waals surface area (Å²) in [5.74, 6) is 0.00345. The van der Waals surface area contributed by atoms with Crippen molar-refractivity contribution in [3.63, 3.8) is 0 Å². The zero-order chi connectivity index (χ0) is 22.9. The van der Waals surface area contributed by atoms with Gasteiger partial charge in [-0.05, 0) is 17.7 Å². The molecule has 1 aliphatic rings. The Morgan fingerprint density at radius 2 is 1.47 bits per heavy atom. The fraction of sp³-hybridized carbons (Fsp3) is 0.172. The van der Waals surface area contributed by atoms with Gasteiger partial charge in [0, 0.05) is 54.6 Å². The van der Waals surface area contributed by atoms with Crippen LogP contribution in [0.2, 0.25) is 0 Å². The summed E-state index contributed by atoms with van der Waals surface area (Å²) in [5.41, 5.74) is 5.66. The van der Waals surface area contributed by atoms with E-state index in [1.165, 1.54) is 5.56 Å². The molecule has 2 aromatic heterocycles. The third-order valence-corrected chi connectivity index (χ3v) is 6.67. The monoisotopic (exact) mass is 446 g/mol. The second kappa shape index (κ2) is 8.76. The van der Waals surface area contributed by atoms with Gasteiger partial charge in [-0.15, -0.1) is 0 Å². The van der Waals surface area contributed by atoms with Crippen LogP contribution in [0.5, 0.6) is 0 Å². The fourth-order valence-corrected chi connectivity index (χ4v) is 4.87. The number of para-hydroxylation sites is 1. The number of pyridine rings is 1. The van der Waals surface area contributed by atoms with Crippen LogP contribution in [-0.4, -0.2) is 51.9 Å². The predicted octanol–water partition coefficient (Wildman–Crippen LogP) is 5.34. The van der Waals surface area contributed by atoms with Gasteiger partial charge in [-0.1, -0.05) is 78.9 Å². The molecule has 5 nitrogen and oxygen atoms in total. The largest absolute Gasteiger partial charge is 0.353 e. The molecule has 0 unspecified atom stereocenters. The number of nitrogens with one attached hydrogen (secondary N) is 1. The number of nitrogens with zero attached hydrogens (tertiary/aromatic N) is 3. The highest BCUT2D eigenvalue weighted by molar-refractivity contribution is 6.13. The summed E-state index contributed by atoms with van der Waals surface area (Å²) < 4.78 is 0. The molecule has 0 saturated carbocycles. The van der Waals surface area contributed by atoms with E-state index in [4.69, 9.17) is 4.98 Å². The number of carbonyl (C=O) groups is 1. The highest BCUT2D eigenvalue weighted by Gasteiger charge is 2.25. The highest BCUT2D eigenvalue weighted by Crippen LogP contribution is 2.33. The lowest BCUT2D eigenvalue weighted by molar-refractivity contribution is 0.0623. The lowest BCUT2D eigenvalue weighted by Crippen LogP contribution is -2.48. The Morgan fingerprint density at radius 1 is 0.794 bits per heavy atom. The summed E-state index contributed by atoms with van der Waals surface area (Å²) >= 11 is 0. The summed E-state index contributed by atoms with van der Waals surface area (Å²) in [5, 5.41) is 2.15. The number of piperazine rings is 1. The Morgan fingerprint density at radius 3 is 2.24 bits per heavy atom. The van der Waals surface area contributed by atoms with E-state index in [-0.39, 0.29) is 5.91 Å². The summed E-state index contributed by atoms with van der Waals surface area (Å²) in [6.07, 6.45) is 0. The van der Waals surface area contributed by atoms with E-state index in [0.717, 1.165) is 52.7 Å². The topological polar surface area (TPSA) is 52.2 Å². The Balaban J connectivity index is 1.31. The molecule has 5 heteroatoms. The van der Waals surface area contributed by atoms with E-state index in [2.05, 4.69) is 46.3 Å². The molecule has 1 saturated heterocycles. The van der Waals surface area contributed by atoms with Crippen LogP contribution in [0, 0.1) is 0 Å². The van der Waals surface area contributed by atoms with Gasteiger partial charge in [0.15, 0.2) is 0 Å². The smallest absolute Gasteiger partial charge is 0.272 e. The highest BCUT2D eigenvalue weighted by atomic mass is 16.2. The van der Waals surface area contributed by atoms with Crippen molar-refractivity contribution in [3.05, 3.63) is 102 Å². The van der Waals surface area contributed by atoms with Crippen molar-refractivity contribution in [2.75, 3.05) is 26.2 Å². The van der Waals surface area contributed by atoms with Crippen molar-refractivity contribution in [1.82, 2.24) is 19.8 Å². The molecule has 0 aliphatic carbocycles. The normalized spacial score (nSPS) is 14.6. The Kier molecular flexibility index (Phi) is 5.32. The van der Waals surface area contributed by atoms with Crippen molar-refractivity contribution in [3.8, 4) is 11.3 Å². The Bertz CT molecular complexity index is 1450. The number of rotatable bonds is 4. The third-order valence-electron chi connectivity index (χ3n) is 6.67. The molecule has 1 fully saturated rings. The lowest BCUT2D eigenvalue weighted by atomic mass is 10.1. The van der Waals surface area contributed by atoms with Crippen molar-refractivity contribution >= 4 is 27.7 Å². The number of H-pyrrole nitrogens is 1. The number of amides is 1. The van der Waals surface area contributed by atoms with E-state index >= 15 is 0 Å². The number of hydrogen-bond donors (Lipinski definition) is 1. The van der Waals surface area contributed by atoms with Crippen LogP contribution in [0.1, 0.15) is 16.1 Å². The Hall–Kier alpha value is -3.96. The van der Waals surface area contributed by atoms with E-state index in [1.807, 2.05) is 59.5 Å². The van der Waals surface area contributed by atoms with Gasteiger partial charge in [-0.2, -0.15) is 0 Å². The molecular weight excluding hydrogens is 420 g/mol. The number of benzene rings is 3. The van der Waals surface area contributed by atoms with E-state index in [0.29, 0.717) is 18.8 Å². The summed E-state index contributed by atoms with van der Waals surface area (Å²) in [7, 11) is 0. The number of carbonyl (C=O) groups excluding carboxylic acids is 1. The molecule has 3 aromatic carbocycles. The molecule has 0 bridgehead atoms. The molecular formula is C29H26N4O. The Labute approximate surface area is 198 Å². The molecule has 3 heterocycles. The van der Waals surface area contributed by atoms with Gasteiger partial charge in [0.1, 0.15) is 5.69 Å². The minimum absolute atomic E-state index is 0.00345. The minimum atomic E-state index is 0.00345. The van der Waals surface area contributed by atoms with E-state index in [9.17, 15) is 4.79 Å². The first kappa shape index (κ1) is 20.6. The molecule has 0 spiro atoms. The lowest BCUT2D eigenvalue weighted by Gasteiger charge is -2.34. The molecule has 1 N–H and O–H groups in total. The van der Waals surface area contributed by atoms with Gasteiger partial charge in [-0.25, -0.2) is 4.98 Å². The first-order valence-electron chi connectivity index (χ1n) is 11.8. The van der Waals surface area contributed by atoms with Crippen LogP contribution in [0.25, 0.3) is 33.1 Å². The molecule has 1 amide bonds. The second-order valence-electron chi connectivity index (χ2n) is 8.87. The van der Waals surface area contributed by atoms with Gasteiger partial charge < -0.3 is 9.88 Å². The fourth-order valence-electron chi connectivity index (χ4n) is 4.87. The van der Waals surface area contributed by atoms with E-state index in [1.54, 1.807) is 0 Å². The number of aromatic amines is 1. The van der Waals surface area contributed by atoms with Crippen LogP contribution < -0.4 is 0 Å². The van der Waals surface area contributed by atoms with Crippen molar-refractivity contribution in [1.29, 1.82) is 0 Å². The first-order chi connectivity index (χ1) is 16.8. The van der Waals surface area contributed by atoms with Crippen molar-refractivity contribution in [2.24, 2.45) is 0 Å². The first-order valence-corrected chi connectivity index (χ1v) is 11.8. The molecule has 0 atom stereocenters. The summed E-state index contributed by atoms with van der Waals surface area (Å²) in [6, 6.07) is 30.8. The predicted molar refractivity (Wildman–Crippen MR) is 137 cm³/mol. The quantitative estimate of drug-likeness (QED) is 0.405. The molecule has 5 aromatic rings. The van der Waals surface area contributed by atoms with Crippen molar-refractivity contribution < 1.29 is 4.79 Å². The molecule has 6 rings (SSSR count). The van der Waals surface area contributed by atoms with Crippen LogP contribution in [0.3, 0.4) is 0 Å².